The van der Waals surface area contributed by atoms with Crippen LogP contribution in [0.1, 0.15) is 37.0 Å². The standard InChI is InChI=1S/C17H26N2O3.ClH/c1-3-11-21-15-6-5-14(13-16(15)22-12-4-2)17(20)19-9-7-18-8-10-19;/h5-6,13,18H,3-4,7-12H2,1-2H3;1H. The van der Waals surface area contributed by atoms with Gasteiger partial charge >= 0.3 is 0 Å². The molecule has 1 aromatic carbocycles. The van der Waals surface area contributed by atoms with E-state index in [1.165, 1.54) is 0 Å². The third-order valence-electron chi connectivity index (χ3n) is 3.52. The number of amides is 1. The first-order valence-electron chi connectivity index (χ1n) is 8.16. The predicted molar refractivity (Wildman–Crippen MR) is 94.0 cm³/mol. The molecule has 0 saturated carbocycles. The van der Waals surface area contributed by atoms with Crippen molar-refractivity contribution in [1.29, 1.82) is 0 Å². The molecule has 130 valence electrons. The fraction of sp³-hybridized carbons (Fsp3) is 0.588. The van der Waals surface area contributed by atoms with Crippen molar-refractivity contribution in [3.63, 3.8) is 0 Å². The number of nitrogens with one attached hydrogen (secondary N) is 1. The number of ether oxygens (including phenoxy) is 2. The van der Waals surface area contributed by atoms with E-state index < -0.39 is 0 Å². The van der Waals surface area contributed by atoms with Crippen molar-refractivity contribution in [2.75, 3.05) is 39.4 Å². The van der Waals surface area contributed by atoms with Crippen molar-refractivity contribution >= 4 is 18.3 Å². The molecule has 1 heterocycles. The summed E-state index contributed by atoms with van der Waals surface area (Å²) < 4.78 is 11.5. The van der Waals surface area contributed by atoms with Crippen LogP contribution in [0.3, 0.4) is 0 Å². The average molecular weight is 343 g/mol. The number of piperazine rings is 1. The van der Waals surface area contributed by atoms with E-state index in [2.05, 4.69) is 19.2 Å². The van der Waals surface area contributed by atoms with Gasteiger partial charge in [-0.3, -0.25) is 4.79 Å². The summed E-state index contributed by atoms with van der Waals surface area (Å²) >= 11 is 0. The minimum atomic E-state index is 0. The molecule has 2 rings (SSSR count). The van der Waals surface area contributed by atoms with Crippen molar-refractivity contribution in [3.8, 4) is 11.5 Å². The van der Waals surface area contributed by atoms with Crippen LogP contribution in [0.5, 0.6) is 11.5 Å². The molecule has 1 amide bonds. The number of carbonyl (C=O) groups is 1. The highest BCUT2D eigenvalue weighted by atomic mass is 35.5. The van der Waals surface area contributed by atoms with Crippen LogP contribution in [-0.2, 0) is 0 Å². The lowest BCUT2D eigenvalue weighted by molar-refractivity contribution is 0.0735. The topological polar surface area (TPSA) is 50.8 Å². The van der Waals surface area contributed by atoms with Crippen molar-refractivity contribution in [1.82, 2.24) is 10.2 Å². The van der Waals surface area contributed by atoms with E-state index in [-0.39, 0.29) is 18.3 Å². The molecule has 1 saturated heterocycles. The molecule has 1 aliphatic rings. The van der Waals surface area contributed by atoms with Crippen LogP contribution >= 0.6 is 12.4 Å². The number of benzene rings is 1. The SMILES string of the molecule is CCCOc1ccc(C(=O)N2CCNCC2)cc1OCCC.Cl. The Kier molecular flexibility index (Phi) is 8.81. The molecule has 0 spiro atoms. The quantitative estimate of drug-likeness (QED) is 0.827. The van der Waals surface area contributed by atoms with E-state index >= 15 is 0 Å². The summed E-state index contributed by atoms with van der Waals surface area (Å²) in [6, 6.07) is 5.48. The zero-order valence-corrected chi connectivity index (χ0v) is 14.8. The molecule has 0 radical (unpaired) electrons. The van der Waals surface area contributed by atoms with Gasteiger partial charge in [0.05, 0.1) is 13.2 Å². The third-order valence-corrected chi connectivity index (χ3v) is 3.52. The van der Waals surface area contributed by atoms with Crippen LogP contribution in [0.2, 0.25) is 0 Å². The Labute approximate surface area is 144 Å². The van der Waals surface area contributed by atoms with Crippen LogP contribution in [-0.4, -0.2) is 50.2 Å². The van der Waals surface area contributed by atoms with Gasteiger partial charge in [0.1, 0.15) is 0 Å². The third kappa shape index (κ3) is 5.59. The molecule has 1 aliphatic heterocycles. The first-order chi connectivity index (χ1) is 10.8. The molecule has 5 nitrogen and oxygen atoms in total. The summed E-state index contributed by atoms with van der Waals surface area (Å²) in [4.78, 5) is 14.4. The number of rotatable bonds is 7. The molecule has 1 aromatic rings. The van der Waals surface area contributed by atoms with Gasteiger partial charge in [-0.15, -0.1) is 12.4 Å². The van der Waals surface area contributed by atoms with Crippen molar-refractivity contribution < 1.29 is 14.3 Å². The monoisotopic (exact) mass is 342 g/mol. The largest absolute Gasteiger partial charge is 0.490 e. The maximum Gasteiger partial charge on any atom is 0.254 e. The number of hydrogen-bond donors (Lipinski definition) is 1. The predicted octanol–water partition coefficient (Wildman–Crippen LogP) is 2.73. The number of hydrogen-bond acceptors (Lipinski definition) is 4. The van der Waals surface area contributed by atoms with Gasteiger partial charge in [0.15, 0.2) is 11.5 Å². The maximum absolute atomic E-state index is 12.6. The molecule has 6 heteroatoms. The Morgan fingerprint density at radius 1 is 1.09 bits per heavy atom. The number of carbonyl (C=O) groups excluding carboxylic acids is 1. The van der Waals surface area contributed by atoms with E-state index in [0.29, 0.717) is 30.3 Å². The molecule has 1 N–H and O–H groups in total. The summed E-state index contributed by atoms with van der Waals surface area (Å²) in [5.74, 6) is 1.44. The van der Waals surface area contributed by atoms with Crippen molar-refractivity contribution in [3.05, 3.63) is 23.8 Å². The summed E-state index contributed by atoms with van der Waals surface area (Å²) in [6.07, 6.45) is 1.86. The van der Waals surface area contributed by atoms with Gasteiger partial charge in [0.25, 0.3) is 5.91 Å². The Morgan fingerprint density at radius 2 is 1.70 bits per heavy atom. The first kappa shape index (κ1) is 19.6. The second kappa shape index (κ2) is 10.3. The summed E-state index contributed by atoms with van der Waals surface area (Å²) in [5.41, 5.74) is 0.664. The van der Waals surface area contributed by atoms with Gasteiger partial charge in [0.2, 0.25) is 0 Å². The minimum Gasteiger partial charge on any atom is -0.490 e. The van der Waals surface area contributed by atoms with E-state index in [9.17, 15) is 4.79 Å². The molecule has 1 fully saturated rings. The van der Waals surface area contributed by atoms with E-state index in [1.807, 2.05) is 23.1 Å². The fourth-order valence-electron chi connectivity index (χ4n) is 2.35. The van der Waals surface area contributed by atoms with E-state index in [0.717, 1.165) is 39.0 Å². The lowest BCUT2D eigenvalue weighted by Crippen LogP contribution is -2.46. The summed E-state index contributed by atoms with van der Waals surface area (Å²) in [5, 5.41) is 3.25. The highest BCUT2D eigenvalue weighted by molar-refractivity contribution is 5.95. The second-order valence-corrected chi connectivity index (χ2v) is 5.40. The zero-order valence-electron chi connectivity index (χ0n) is 14.0. The number of nitrogens with zero attached hydrogens (tertiary/aromatic N) is 1. The van der Waals surface area contributed by atoms with Crippen molar-refractivity contribution in [2.24, 2.45) is 0 Å². The Hall–Kier alpha value is -1.46. The average Bonchev–Trinajstić information content (AvgIpc) is 2.58. The lowest BCUT2D eigenvalue weighted by atomic mass is 10.1. The Bertz CT molecular complexity index is 491. The molecular weight excluding hydrogens is 316 g/mol. The molecule has 0 aromatic heterocycles. The lowest BCUT2D eigenvalue weighted by Gasteiger charge is -2.27. The van der Waals surface area contributed by atoms with E-state index in [4.69, 9.17) is 9.47 Å². The van der Waals surface area contributed by atoms with Gasteiger partial charge in [-0.1, -0.05) is 13.8 Å². The molecule has 0 unspecified atom stereocenters. The molecule has 0 aliphatic carbocycles. The first-order valence-corrected chi connectivity index (χ1v) is 8.16. The van der Waals surface area contributed by atoms with Crippen LogP contribution < -0.4 is 14.8 Å². The number of halogens is 1. The highest BCUT2D eigenvalue weighted by Gasteiger charge is 2.19. The fourth-order valence-corrected chi connectivity index (χ4v) is 2.35. The molecule has 23 heavy (non-hydrogen) atoms. The minimum absolute atomic E-state index is 0. The normalized spacial score (nSPS) is 14.1. The van der Waals surface area contributed by atoms with Gasteiger partial charge in [-0.25, -0.2) is 0 Å². The van der Waals surface area contributed by atoms with Crippen LogP contribution in [0.15, 0.2) is 18.2 Å². The maximum atomic E-state index is 12.6. The second-order valence-electron chi connectivity index (χ2n) is 5.40. The van der Waals surface area contributed by atoms with Gasteiger partial charge in [0, 0.05) is 31.7 Å². The van der Waals surface area contributed by atoms with E-state index in [1.54, 1.807) is 0 Å². The van der Waals surface area contributed by atoms with Gasteiger partial charge in [-0.05, 0) is 31.0 Å². The smallest absolute Gasteiger partial charge is 0.254 e. The van der Waals surface area contributed by atoms with Gasteiger partial charge in [-0.2, -0.15) is 0 Å². The highest BCUT2D eigenvalue weighted by Crippen LogP contribution is 2.29. The van der Waals surface area contributed by atoms with Crippen molar-refractivity contribution in [2.45, 2.75) is 26.7 Å². The zero-order chi connectivity index (χ0) is 15.8. The van der Waals surface area contributed by atoms with Crippen LogP contribution in [0.25, 0.3) is 0 Å². The molecule has 0 atom stereocenters. The summed E-state index contributed by atoms with van der Waals surface area (Å²) in [7, 11) is 0. The Morgan fingerprint density at radius 3 is 2.30 bits per heavy atom. The molecular formula is C17H27ClN2O3. The molecule has 0 bridgehead atoms. The summed E-state index contributed by atoms with van der Waals surface area (Å²) in [6.45, 7) is 8.58. The van der Waals surface area contributed by atoms with Crippen LogP contribution in [0, 0.1) is 0 Å². The Balaban J connectivity index is 0.00000264. The van der Waals surface area contributed by atoms with Crippen LogP contribution in [0.4, 0.5) is 0 Å². The van der Waals surface area contributed by atoms with Gasteiger partial charge < -0.3 is 19.7 Å².